The maximum atomic E-state index is 13.1. The number of nitrogens with zero attached hydrogens (tertiary/aromatic N) is 1. The molecule has 0 atom stereocenters. The summed E-state index contributed by atoms with van der Waals surface area (Å²) in [6.45, 7) is 1.94. The Bertz CT molecular complexity index is 982. The van der Waals surface area contributed by atoms with E-state index < -0.39 is 15.8 Å². The molecule has 2 aromatic carbocycles. The second kappa shape index (κ2) is 6.59. The van der Waals surface area contributed by atoms with Crippen molar-refractivity contribution in [3.8, 4) is 0 Å². The second-order valence-corrected chi connectivity index (χ2v) is 8.47. The van der Waals surface area contributed by atoms with E-state index in [1.807, 2.05) is 0 Å². The zero-order chi connectivity index (χ0) is 18.4. The highest BCUT2D eigenvalue weighted by molar-refractivity contribution is 9.10. The summed E-state index contributed by atoms with van der Waals surface area (Å²) in [6.07, 6.45) is 0.658. The highest BCUT2D eigenvalue weighted by Gasteiger charge is 2.27. The first kappa shape index (κ1) is 18.2. The van der Waals surface area contributed by atoms with Crippen molar-refractivity contribution in [3.05, 3.63) is 51.2 Å². The van der Waals surface area contributed by atoms with Crippen LogP contribution >= 0.6 is 27.5 Å². The molecular formula is C16H13BrClFN2O3S. The highest BCUT2D eigenvalue weighted by Crippen LogP contribution is 2.36. The van der Waals surface area contributed by atoms with Gasteiger partial charge in [0.05, 0.1) is 10.7 Å². The molecular weight excluding hydrogens is 435 g/mol. The van der Waals surface area contributed by atoms with Crippen molar-refractivity contribution in [1.29, 1.82) is 0 Å². The number of halogens is 3. The number of amides is 1. The van der Waals surface area contributed by atoms with Gasteiger partial charge in [0, 0.05) is 23.6 Å². The Labute approximate surface area is 158 Å². The monoisotopic (exact) mass is 446 g/mol. The van der Waals surface area contributed by atoms with E-state index in [0.29, 0.717) is 23.1 Å². The maximum Gasteiger partial charge on any atom is 0.263 e. The van der Waals surface area contributed by atoms with E-state index in [1.165, 1.54) is 24.0 Å². The van der Waals surface area contributed by atoms with Crippen molar-refractivity contribution < 1.29 is 17.6 Å². The molecule has 0 saturated heterocycles. The molecule has 0 fully saturated rings. The third kappa shape index (κ3) is 3.51. The van der Waals surface area contributed by atoms with Gasteiger partial charge in [0.1, 0.15) is 10.7 Å². The molecule has 1 aliphatic rings. The van der Waals surface area contributed by atoms with Gasteiger partial charge < -0.3 is 4.90 Å². The molecule has 9 heteroatoms. The van der Waals surface area contributed by atoms with Crippen LogP contribution in [0.25, 0.3) is 0 Å². The fourth-order valence-corrected chi connectivity index (χ4v) is 5.15. The van der Waals surface area contributed by atoms with Crippen molar-refractivity contribution in [3.63, 3.8) is 0 Å². The minimum absolute atomic E-state index is 0.0280. The SMILES string of the molecule is CC(=O)N1CCc2cc(Br)c(S(=O)(=O)Nc3ccc(F)cc3Cl)cc21. The molecule has 1 aliphatic heterocycles. The van der Waals surface area contributed by atoms with E-state index in [-0.39, 0.29) is 21.5 Å². The number of rotatable bonds is 3. The van der Waals surface area contributed by atoms with Crippen LogP contribution in [0, 0.1) is 5.82 Å². The first-order valence-corrected chi connectivity index (χ1v) is 9.93. The van der Waals surface area contributed by atoms with E-state index in [4.69, 9.17) is 11.6 Å². The Morgan fingerprint density at radius 3 is 2.68 bits per heavy atom. The standard InChI is InChI=1S/C16H13BrClFN2O3S/c1-9(22)21-5-4-10-6-12(17)16(8-15(10)21)25(23,24)20-14-3-2-11(19)7-13(14)18/h2-3,6-8,20H,4-5H2,1H3. The Kier molecular flexibility index (Phi) is 4.78. The van der Waals surface area contributed by atoms with Gasteiger partial charge in [0.2, 0.25) is 5.91 Å². The molecule has 1 amide bonds. The number of hydrogen-bond donors (Lipinski definition) is 1. The molecule has 2 aromatic rings. The van der Waals surface area contributed by atoms with E-state index >= 15 is 0 Å². The molecule has 0 aliphatic carbocycles. The number of nitrogens with one attached hydrogen (secondary N) is 1. The van der Waals surface area contributed by atoms with Gasteiger partial charge in [-0.25, -0.2) is 12.8 Å². The van der Waals surface area contributed by atoms with Crippen LogP contribution in [0.1, 0.15) is 12.5 Å². The number of anilines is 2. The van der Waals surface area contributed by atoms with Crippen LogP contribution in [0.2, 0.25) is 5.02 Å². The quantitative estimate of drug-likeness (QED) is 0.775. The van der Waals surface area contributed by atoms with Gasteiger partial charge in [-0.1, -0.05) is 11.6 Å². The maximum absolute atomic E-state index is 13.1. The molecule has 0 saturated carbocycles. The lowest BCUT2D eigenvalue weighted by molar-refractivity contribution is -0.116. The smallest absolute Gasteiger partial charge is 0.263 e. The summed E-state index contributed by atoms with van der Waals surface area (Å²) >= 11 is 9.16. The van der Waals surface area contributed by atoms with Crippen LogP contribution in [0.5, 0.6) is 0 Å². The number of carbonyl (C=O) groups excluding carboxylic acids is 1. The summed E-state index contributed by atoms with van der Waals surface area (Å²) in [4.78, 5) is 13.2. The zero-order valence-corrected chi connectivity index (χ0v) is 16.2. The van der Waals surface area contributed by atoms with Gasteiger partial charge in [0.15, 0.2) is 0 Å². The first-order valence-electron chi connectivity index (χ1n) is 7.27. The van der Waals surface area contributed by atoms with Crippen molar-refractivity contribution in [2.24, 2.45) is 0 Å². The minimum atomic E-state index is -3.99. The summed E-state index contributed by atoms with van der Waals surface area (Å²) in [5.41, 5.74) is 1.53. The molecule has 1 heterocycles. The minimum Gasteiger partial charge on any atom is -0.312 e. The lowest BCUT2D eigenvalue weighted by atomic mass is 10.2. The summed E-state index contributed by atoms with van der Waals surface area (Å²) in [5, 5.41) is -0.0498. The number of sulfonamides is 1. The van der Waals surface area contributed by atoms with E-state index in [0.717, 1.165) is 17.7 Å². The Balaban J connectivity index is 2.03. The van der Waals surface area contributed by atoms with Crippen LogP contribution < -0.4 is 9.62 Å². The van der Waals surface area contributed by atoms with Gasteiger partial charge in [-0.2, -0.15) is 0 Å². The average Bonchev–Trinajstić information content (AvgIpc) is 2.92. The lowest BCUT2D eigenvalue weighted by Gasteiger charge is -2.17. The van der Waals surface area contributed by atoms with Gasteiger partial charge in [-0.15, -0.1) is 0 Å². The number of fused-ring (bicyclic) bond motifs is 1. The molecule has 25 heavy (non-hydrogen) atoms. The normalized spacial score (nSPS) is 13.7. The molecule has 0 spiro atoms. The largest absolute Gasteiger partial charge is 0.312 e. The number of hydrogen-bond acceptors (Lipinski definition) is 3. The van der Waals surface area contributed by atoms with Crippen molar-refractivity contribution in [2.75, 3.05) is 16.2 Å². The molecule has 0 aromatic heterocycles. The third-order valence-corrected chi connectivity index (χ3v) is 6.51. The van der Waals surface area contributed by atoms with Crippen LogP contribution in [0.3, 0.4) is 0 Å². The first-order chi connectivity index (χ1) is 11.7. The van der Waals surface area contributed by atoms with Crippen LogP contribution in [0.4, 0.5) is 15.8 Å². The number of benzene rings is 2. The molecule has 132 valence electrons. The molecule has 3 rings (SSSR count). The van der Waals surface area contributed by atoms with Crippen molar-refractivity contribution in [1.82, 2.24) is 0 Å². The van der Waals surface area contributed by atoms with Crippen molar-refractivity contribution >= 4 is 54.8 Å². The Hall–Kier alpha value is -1.64. The summed E-state index contributed by atoms with van der Waals surface area (Å²) in [6, 6.07) is 6.53. The topological polar surface area (TPSA) is 66.5 Å². The van der Waals surface area contributed by atoms with E-state index in [1.54, 1.807) is 6.07 Å². The number of carbonyl (C=O) groups is 1. The zero-order valence-electron chi connectivity index (χ0n) is 13.0. The van der Waals surface area contributed by atoms with Gasteiger partial charge in [-0.05, 0) is 58.2 Å². The van der Waals surface area contributed by atoms with Crippen molar-refractivity contribution in [2.45, 2.75) is 18.2 Å². The lowest BCUT2D eigenvalue weighted by Crippen LogP contribution is -2.26. The summed E-state index contributed by atoms with van der Waals surface area (Å²) in [7, 11) is -3.99. The van der Waals surface area contributed by atoms with E-state index in [9.17, 15) is 17.6 Å². The molecule has 5 nitrogen and oxygen atoms in total. The Morgan fingerprint density at radius 2 is 2.04 bits per heavy atom. The third-order valence-electron chi connectivity index (χ3n) is 3.87. The fraction of sp³-hybridized carbons (Fsp3) is 0.188. The molecule has 0 unspecified atom stereocenters. The molecule has 0 bridgehead atoms. The predicted molar refractivity (Wildman–Crippen MR) is 98.1 cm³/mol. The summed E-state index contributed by atoms with van der Waals surface area (Å²) < 4.78 is 41.3. The van der Waals surface area contributed by atoms with Gasteiger partial charge in [0.25, 0.3) is 10.0 Å². The van der Waals surface area contributed by atoms with Crippen LogP contribution in [-0.2, 0) is 21.2 Å². The second-order valence-electron chi connectivity index (χ2n) is 5.56. The summed E-state index contributed by atoms with van der Waals surface area (Å²) in [5.74, 6) is -0.720. The molecule has 0 radical (unpaired) electrons. The average molecular weight is 448 g/mol. The van der Waals surface area contributed by atoms with Crippen LogP contribution in [0.15, 0.2) is 39.7 Å². The highest BCUT2D eigenvalue weighted by atomic mass is 79.9. The fourth-order valence-electron chi connectivity index (χ4n) is 2.69. The Morgan fingerprint density at radius 1 is 1.32 bits per heavy atom. The van der Waals surface area contributed by atoms with Crippen LogP contribution in [-0.4, -0.2) is 20.9 Å². The molecule has 1 N–H and O–H groups in total. The van der Waals surface area contributed by atoms with Gasteiger partial charge >= 0.3 is 0 Å². The predicted octanol–water partition coefficient (Wildman–Crippen LogP) is 3.95. The van der Waals surface area contributed by atoms with E-state index in [2.05, 4.69) is 20.7 Å². The van der Waals surface area contributed by atoms with Gasteiger partial charge in [-0.3, -0.25) is 9.52 Å².